The number of anilines is 1. The number of benzene rings is 2. The number of ether oxygens (including phenoxy) is 1. The summed E-state index contributed by atoms with van der Waals surface area (Å²) in [6, 6.07) is 15.2. The number of rotatable bonds is 6. The molecular formula is C20H20N2O5. The molecule has 140 valence electrons. The predicted octanol–water partition coefficient (Wildman–Crippen LogP) is 2.13. The quantitative estimate of drug-likeness (QED) is 0.814. The molecule has 1 aliphatic rings. The minimum Gasteiger partial charge on any atom is -0.481 e. The van der Waals surface area contributed by atoms with Crippen molar-refractivity contribution in [3.63, 3.8) is 0 Å². The number of para-hydroxylation sites is 2. The van der Waals surface area contributed by atoms with E-state index in [9.17, 15) is 14.4 Å². The van der Waals surface area contributed by atoms with Crippen molar-refractivity contribution in [2.45, 2.75) is 25.5 Å². The van der Waals surface area contributed by atoms with Crippen LogP contribution in [0.25, 0.3) is 0 Å². The lowest BCUT2D eigenvalue weighted by Gasteiger charge is -2.32. The van der Waals surface area contributed by atoms with Crippen LogP contribution in [0.15, 0.2) is 54.6 Å². The molecule has 2 aromatic rings. The van der Waals surface area contributed by atoms with Gasteiger partial charge in [0, 0.05) is 0 Å². The maximum absolute atomic E-state index is 12.6. The first-order chi connectivity index (χ1) is 13.0. The van der Waals surface area contributed by atoms with Crippen molar-refractivity contribution in [1.29, 1.82) is 0 Å². The summed E-state index contributed by atoms with van der Waals surface area (Å²) in [6.45, 7) is 1.41. The van der Waals surface area contributed by atoms with Gasteiger partial charge in [-0.15, -0.1) is 0 Å². The van der Waals surface area contributed by atoms with E-state index in [1.807, 2.05) is 6.07 Å². The molecule has 2 N–H and O–H groups in total. The maximum atomic E-state index is 12.6. The average Bonchev–Trinajstić information content (AvgIpc) is 2.65. The zero-order valence-corrected chi connectivity index (χ0v) is 14.8. The molecule has 3 rings (SSSR count). The standard InChI is InChI=1S/C20H20N2O5/c1-13-20(26)22(16-9-5-6-10-17(16)27-13)12-18(23)21-15(11-19(24)25)14-7-3-2-4-8-14/h2-10,13,15H,11-12H2,1H3,(H,21,23)(H,24,25). The van der Waals surface area contributed by atoms with Gasteiger partial charge in [-0.05, 0) is 24.6 Å². The van der Waals surface area contributed by atoms with Crippen molar-refractivity contribution in [3.05, 3.63) is 60.2 Å². The molecular weight excluding hydrogens is 348 g/mol. The third-order valence-electron chi connectivity index (χ3n) is 4.29. The summed E-state index contributed by atoms with van der Waals surface area (Å²) in [7, 11) is 0. The van der Waals surface area contributed by atoms with Gasteiger partial charge >= 0.3 is 5.97 Å². The van der Waals surface area contributed by atoms with Crippen molar-refractivity contribution >= 4 is 23.5 Å². The topological polar surface area (TPSA) is 95.9 Å². The zero-order chi connectivity index (χ0) is 19.4. The number of nitrogens with zero attached hydrogens (tertiary/aromatic N) is 1. The fourth-order valence-corrected chi connectivity index (χ4v) is 3.02. The molecule has 1 aliphatic heterocycles. The van der Waals surface area contributed by atoms with Gasteiger partial charge in [-0.25, -0.2) is 0 Å². The lowest BCUT2D eigenvalue weighted by Crippen LogP contribution is -2.49. The monoisotopic (exact) mass is 368 g/mol. The summed E-state index contributed by atoms with van der Waals surface area (Å²) in [5.41, 5.74) is 1.21. The lowest BCUT2D eigenvalue weighted by atomic mass is 10.0. The van der Waals surface area contributed by atoms with Crippen LogP contribution in [0.3, 0.4) is 0 Å². The van der Waals surface area contributed by atoms with E-state index in [1.165, 1.54) is 4.90 Å². The predicted molar refractivity (Wildman–Crippen MR) is 98.5 cm³/mol. The number of carbonyl (C=O) groups is 3. The molecule has 0 saturated heterocycles. The van der Waals surface area contributed by atoms with Crippen LogP contribution in [0, 0.1) is 0 Å². The highest BCUT2D eigenvalue weighted by Crippen LogP contribution is 2.33. The van der Waals surface area contributed by atoms with Gasteiger partial charge in [0.15, 0.2) is 6.10 Å². The first kappa shape index (κ1) is 18.4. The number of hydrogen-bond acceptors (Lipinski definition) is 4. The highest BCUT2D eigenvalue weighted by Gasteiger charge is 2.33. The van der Waals surface area contributed by atoms with E-state index < -0.39 is 24.0 Å². The Bertz CT molecular complexity index is 852. The zero-order valence-electron chi connectivity index (χ0n) is 14.8. The van der Waals surface area contributed by atoms with Crippen LogP contribution >= 0.6 is 0 Å². The van der Waals surface area contributed by atoms with E-state index >= 15 is 0 Å². The van der Waals surface area contributed by atoms with Crippen molar-refractivity contribution < 1.29 is 24.2 Å². The molecule has 2 atom stereocenters. The molecule has 27 heavy (non-hydrogen) atoms. The second-order valence-electron chi connectivity index (χ2n) is 6.28. The number of carbonyl (C=O) groups excluding carboxylic acids is 2. The number of aliphatic carboxylic acids is 1. The number of nitrogens with one attached hydrogen (secondary N) is 1. The van der Waals surface area contributed by atoms with Crippen LogP contribution in [0.5, 0.6) is 5.75 Å². The van der Waals surface area contributed by atoms with Crippen LogP contribution in [-0.4, -0.2) is 35.5 Å². The summed E-state index contributed by atoms with van der Waals surface area (Å²) < 4.78 is 5.56. The molecule has 0 spiro atoms. The van der Waals surface area contributed by atoms with Gasteiger partial charge in [-0.3, -0.25) is 19.3 Å². The number of fused-ring (bicyclic) bond motifs is 1. The summed E-state index contributed by atoms with van der Waals surface area (Å²) in [5.74, 6) is -1.26. The van der Waals surface area contributed by atoms with Crippen LogP contribution in [0.4, 0.5) is 5.69 Å². The molecule has 0 fully saturated rings. The van der Waals surface area contributed by atoms with Crippen molar-refractivity contribution in [2.24, 2.45) is 0 Å². The Balaban J connectivity index is 1.77. The highest BCUT2D eigenvalue weighted by molar-refractivity contribution is 6.03. The van der Waals surface area contributed by atoms with E-state index in [4.69, 9.17) is 9.84 Å². The normalized spacial score (nSPS) is 16.9. The summed E-state index contributed by atoms with van der Waals surface area (Å²) in [4.78, 5) is 37.6. The van der Waals surface area contributed by atoms with Gasteiger partial charge < -0.3 is 15.2 Å². The maximum Gasteiger partial charge on any atom is 0.305 e. The van der Waals surface area contributed by atoms with E-state index in [2.05, 4.69) is 5.32 Å². The van der Waals surface area contributed by atoms with Gasteiger partial charge in [0.2, 0.25) is 5.91 Å². The second-order valence-corrected chi connectivity index (χ2v) is 6.28. The Labute approximate surface area is 156 Å². The van der Waals surface area contributed by atoms with Gasteiger partial charge in [0.05, 0.1) is 18.2 Å². The van der Waals surface area contributed by atoms with Crippen molar-refractivity contribution in [3.8, 4) is 5.75 Å². The first-order valence-electron chi connectivity index (χ1n) is 8.59. The Hall–Kier alpha value is -3.35. The third-order valence-corrected chi connectivity index (χ3v) is 4.29. The van der Waals surface area contributed by atoms with Crippen molar-refractivity contribution in [1.82, 2.24) is 5.32 Å². The molecule has 2 aromatic carbocycles. The smallest absolute Gasteiger partial charge is 0.305 e. The van der Waals surface area contributed by atoms with Gasteiger partial charge in [-0.1, -0.05) is 42.5 Å². The highest BCUT2D eigenvalue weighted by atomic mass is 16.5. The van der Waals surface area contributed by atoms with Crippen LogP contribution in [0.1, 0.15) is 24.9 Å². The third kappa shape index (κ3) is 4.25. The molecule has 0 aliphatic carbocycles. The SMILES string of the molecule is CC1Oc2ccccc2N(CC(=O)NC(CC(=O)O)c2ccccc2)C1=O. The van der Waals surface area contributed by atoms with E-state index in [1.54, 1.807) is 55.5 Å². The minimum atomic E-state index is -1.02. The minimum absolute atomic E-state index is 0.216. The summed E-state index contributed by atoms with van der Waals surface area (Å²) in [5, 5.41) is 11.9. The van der Waals surface area contributed by atoms with Gasteiger partial charge in [-0.2, -0.15) is 0 Å². The molecule has 0 saturated carbocycles. The molecule has 0 aromatic heterocycles. The van der Waals surface area contributed by atoms with E-state index in [0.717, 1.165) is 0 Å². The summed E-state index contributed by atoms with van der Waals surface area (Å²) in [6.07, 6.45) is -0.948. The first-order valence-corrected chi connectivity index (χ1v) is 8.59. The Kier molecular flexibility index (Phi) is 5.40. The molecule has 2 unspecified atom stereocenters. The fourth-order valence-electron chi connectivity index (χ4n) is 3.02. The van der Waals surface area contributed by atoms with Gasteiger partial charge in [0.25, 0.3) is 5.91 Å². The Morgan fingerprint density at radius 1 is 1.15 bits per heavy atom. The largest absolute Gasteiger partial charge is 0.481 e. The number of carboxylic acid groups (broad SMARTS) is 1. The molecule has 1 heterocycles. The van der Waals surface area contributed by atoms with Crippen LogP contribution in [0.2, 0.25) is 0 Å². The molecule has 0 bridgehead atoms. The molecule has 7 nitrogen and oxygen atoms in total. The van der Waals surface area contributed by atoms with Crippen LogP contribution in [-0.2, 0) is 14.4 Å². The summed E-state index contributed by atoms with van der Waals surface area (Å²) >= 11 is 0. The van der Waals surface area contributed by atoms with Gasteiger partial charge in [0.1, 0.15) is 12.3 Å². The number of amides is 2. The molecule has 2 amide bonds. The second kappa shape index (κ2) is 7.90. The fraction of sp³-hybridized carbons (Fsp3) is 0.250. The lowest BCUT2D eigenvalue weighted by molar-refractivity contribution is -0.138. The average molecular weight is 368 g/mol. The van der Waals surface area contributed by atoms with Crippen LogP contribution < -0.4 is 15.0 Å². The van der Waals surface area contributed by atoms with E-state index in [0.29, 0.717) is 17.0 Å². The Morgan fingerprint density at radius 3 is 2.52 bits per heavy atom. The van der Waals surface area contributed by atoms with Crippen molar-refractivity contribution in [2.75, 3.05) is 11.4 Å². The number of carboxylic acids is 1. The molecule has 7 heteroatoms. The number of hydrogen-bond donors (Lipinski definition) is 2. The van der Waals surface area contributed by atoms with E-state index in [-0.39, 0.29) is 18.9 Å². The molecule has 0 radical (unpaired) electrons. The Morgan fingerprint density at radius 2 is 1.81 bits per heavy atom.